The van der Waals surface area contributed by atoms with Gasteiger partial charge < -0.3 is 11.1 Å². The number of rotatable bonds is 2. The molecule has 0 aliphatic heterocycles. The van der Waals surface area contributed by atoms with E-state index < -0.39 is 6.04 Å². The number of hydrogen-bond donors (Lipinski definition) is 2. The summed E-state index contributed by atoms with van der Waals surface area (Å²) in [7, 11) is 0. The molecule has 0 aliphatic rings. The number of carbonyl (C=O) groups is 1. The van der Waals surface area contributed by atoms with Gasteiger partial charge in [0.2, 0.25) is 5.91 Å². The fourth-order valence-corrected chi connectivity index (χ4v) is 1.68. The third-order valence-corrected chi connectivity index (χ3v) is 3.07. The fraction of sp³-hybridized carbons (Fsp3) is 0.385. The second kappa shape index (κ2) is 5.51. The lowest BCUT2D eigenvalue weighted by molar-refractivity contribution is -0.119. The predicted molar refractivity (Wildman–Crippen MR) is 74.9 cm³/mol. The van der Waals surface area contributed by atoms with Crippen LogP contribution < -0.4 is 11.1 Å². The van der Waals surface area contributed by atoms with Crippen molar-refractivity contribution in [2.24, 2.45) is 11.1 Å². The predicted octanol–water partition coefficient (Wildman–Crippen LogP) is 2.63. The molecule has 1 aromatic rings. The Morgan fingerprint density at radius 2 is 2.11 bits per heavy atom. The molecule has 0 aromatic heterocycles. The number of amides is 1. The highest BCUT2D eigenvalue weighted by atomic mass is 79.9. The molecule has 0 radical (unpaired) electrons. The molecular formula is C13H16BrN3O. The number of halogens is 1. The minimum absolute atomic E-state index is 0.290. The van der Waals surface area contributed by atoms with E-state index in [4.69, 9.17) is 11.0 Å². The molecule has 0 heterocycles. The normalized spacial score (nSPS) is 12.7. The lowest BCUT2D eigenvalue weighted by Crippen LogP contribution is -2.45. The summed E-state index contributed by atoms with van der Waals surface area (Å²) < 4.78 is 0.789. The van der Waals surface area contributed by atoms with E-state index in [1.54, 1.807) is 18.2 Å². The Hall–Kier alpha value is -1.38. The highest BCUT2D eigenvalue weighted by molar-refractivity contribution is 9.10. The van der Waals surface area contributed by atoms with Gasteiger partial charge in [-0.3, -0.25) is 4.79 Å². The van der Waals surface area contributed by atoms with E-state index in [-0.39, 0.29) is 11.3 Å². The Morgan fingerprint density at radius 1 is 1.50 bits per heavy atom. The van der Waals surface area contributed by atoms with Crippen LogP contribution in [-0.2, 0) is 4.79 Å². The van der Waals surface area contributed by atoms with Gasteiger partial charge in [-0.2, -0.15) is 5.26 Å². The first-order valence-corrected chi connectivity index (χ1v) is 6.31. The number of benzene rings is 1. The molecule has 5 heteroatoms. The topological polar surface area (TPSA) is 78.9 Å². The Labute approximate surface area is 115 Å². The molecule has 96 valence electrons. The Morgan fingerprint density at radius 3 is 2.61 bits per heavy atom. The molecule has 3 N–H and O–H groups in total. The SMILES string of the molecule is CC(C)(C)[C@H](N)C(=O)Nc1ccc(Br)cc1C#N. The summed E-state index contributed by atoms with van der Waals surface area (Å²) in [6, 6.07) is 6.49. The average molecular weight is 310 g/mol. The summed E-state index contributed by atoms with van der Waals surface area (Å²) in [5.74, 6) is -0.290. The van der Waals surface area contributed by atoms with Crippen LogP contribution in [0.15, 0.2) is 22.7 Å². The van der Waals surface area contributed by atoms with E-state index in [2.05, 4.69) is 21.2 Å². The van der Waals surface area contributed by atoms with E-state index in [9.17, 15) is 4.79 Å². The van der Waals surface area contributed by atoms with Crippen LogP contribution in [-0.4, -0.2) is 11.9 Å². The van der Waals surface area contributed by atoms with Crippen molar-refractivity contribution in [3.05, 3.63) is 28.2 Å². The molecule has 1 rings (SSSR count). The van der Waals surface area contributed by atoms with Gasteiger partial charge in [-0.1, -0.05) is 36.7 Å². The van der Waals surface area contributed by atoms with Gasteiger partial charge in [0.25, 0.3) is 0 Å². The molecule has 0 saturated heterocycles. The number of nitriles is 1. The first-order valence-electron chi connectivity index (χ1n) is 5.52. The molecular weight excluding hydrogens is 294 g/mol. The van der Waals surface area contributed by atoms with Gasteiger partial charge in [0.1, 0.15) is 6.07 Å². The highest BCUT2D eigenvalue weighted by Gasteiger charge is 2.27. The van der Waals surface area contributed by atoms with Crippen molar-refractivity contribution < 1.29 is 4.79 Å². The van der Waals surface area contributed by atoms with E-state index in [1.165, 1.54) is 0 Å². The Balaban J connectivity index is 2.93. The summed E-state index contributed by atoms with van der Waals surface area (Å²) in [6.45, 7) is 5.68. The first kappa shape index (κ1) is 14.7. The molecule has 0 aliphatic carbocycles. The van der Waals surface area contributed by atoms with Crippen LogP contribution in [0.1, 0.15) is 26.3 Å². The van der Waals surface area contributed by atoms with Gasteiger partial charge in [0.05, 0.1) is 17.3 Å². The standard InChI is InChI=1S/C13H16BrN3O/c1-13(2,3)11(16)12(18)17-10-5-4-9(14)6-8(10)7-15/h4-6,11H,16H2,1-3H3,(H,17,18)/t11-/m1/s1. The third kappa shape index (κ3) is 3.56. The zero-order valence-electron chi connectivity index (χ0n) is 10.6. The molecule has 0 fully saturated rings. The van der Waals surface area contributed by atoms with Crippen molar-refractivity contribution in [1.82, 2.24) is 0 Å². The number of nitrogens with one attached hydrogen (secondary N) is 1. The van der Waals surface area contributed by atoms with Crippen LogP contribution >= 0.6 is 15.9 Å². The number of carbonyl (C=O) groups excluding carboxylic acids is 1. The zero-order valence-corrected chi connectivity index (χ0v) is 12.2. The Kier molecular flexibility index (Phi) is 4.49. The summed E-state index contributed by atoms with van der Waals surface area (Å²) in [6.07, 6.45) is 0. The number of nitrogens with two attached hydrogens (primary N) is 1. The van der Waals surface area contributed by atoms with Crippen molar-refractivity contribution in [1.29, 1.82) is 5.26 Å². The molecule has 1 amide bonds. The van der Waals surface area contributed by atoms with Crippen molar-refractivity contribution in [2.45, 2.75) is 26.8 Å². The Bertz CT molecular complexity index is 500. The maximum absolute atomic E-state index is 12.0. The quantitative estimate of drug-likeness (QED) is 0.881. The minimum atomic E-state index is -0.632. The summed E-state index contributed by atoms with van der Waals surface area (Å²) in [5, 5.41) is 11.7. The minimum Gasteiger partial charge on any atom is -0.324 e. The van der Waals surface area contributed by atoms with Gasteiger partial charge in [0.15, 0.2) is 0 Å². The van der Waals surface area contributed by atoms with Gasteiger partial charge in [-0.05, 0) is 23.6 Å². The average Bonchev–Trinajstić information content (AvgIpc) is 2.29. The van der Waals surface area contributed by atoms with Crippen LogP contribution in [0.4, 0.5) is 5.69 Å². The van der Waals surface area contributed by atoms with Crippen LogP contribution in [0.2, 0.25) is 0 Å². The fourth-order valence-electron chi connectivity index (χ4n) is 1.32. The number of anilines is 1. The van der Waals surface area contributed by atoms with E-state index >= 15 is 0 Å². The largest absolute Gasteiger partial charge is 0.324 e. The van der Waals surface area contributed by atoms with Gasteiger partial charge in [0, 0.05) is 4.47 Å². The van der Waals surface area contributed by atoms with Crippen LogP contribution in [0, 0.1) is 16.7 Å². The van der Waals surface area contributed by atoms with E-state index in [0.29, 0.717) is 11.3 Å². The molecule has 0 saturated carbocycles. The van der Waals surface area contributed by atoms with Crippen molar-refractivity contribution in [2.75, 3.05) is 5.32 Å². The lowest BCUT2D eigenvalue weighted by atomic mass is 9.87. The van der Waals surface area contributed by atoms with Crippen molar-refractivity contribution in [3.63, 3.8) is 0 Å². The molecule has 1 atom stereocenters. The van der Waals surface area contributed by atoms with Crippen LogP contribution in [0.3, 0.4) is 0 Å². The maximum atomic E-state index is 12.0. The molecule has 18 heavy (non-hydrogen) atoms. The smallest absolute Gasteiger partial charge is 0.241 e. The van der Waals surface area contributed by atoms with Crippen LogP contribution in [0.5, 0.6) is 0 Å². The van der Waals surface area contributed by atoms with Crippen molar-refractivity contribution >= 4 is 27.5 Å². The van der Waals surface area contributed by atoms with Gasteiger partial charge >= 0.3 is 0 Å². The molecule has 0 unspecified atom stereocenters. The number of hydrogen-bond acceptors (Lipinski definition) is 3. The van der Waals surface area contributed by atoms with E-state index in [0.717, 1.165) is 4.47 Å². The van der Waals surface area contributed by atoms with Gasteiger partial charge in [-0.25, -0.2) is 0 Å². The molecule has 1 aromatic carbocycles. The summed E-state index contributed by atoms with van der Waals surface area (Å²) in [4.78, 5) is 12.0. The highest BCUT2D eigenvalue weighted by Crippen LogP contribution is 2.22. The van der Waals surface area contributed by atoms with E-state index in [1.807, 2.05) is 26.8 Å². The molecule has 4 nitrogen and oxygen atoms in total. The van der Waals surface area contributed by atoms with Gasteiger partial charge in [-0.15, -0.1) is 0 Å². The summed E-state index contributed by atoms with van der Waals surface area (Å²) >= 11 is 3.28. The van der Waals surface area contributed by atoms with Crippen LogP contribution in [0.25, 0.3) is 0 Å². The molecule has 0 bridgehead atoms. The number of nitrogens with zero attached hydrogens (tertiary/aromatic N) is 1. The van der Waals surface area contributed by atoms with Crippen molar-refractivity contribution in [3.8, 4) is 6.07 Å². The summed E-state index contributed by atoms with van der Waals surface area (Å²) in [5.41, 5.74) is 6.41. The zero-order chi connectivity index (χ0) is 13.9. The second-order valence-electron chi connectivity index (χ2n) is 5.13. The maximum Gasteiger partial charge on any atom is 0.241 e. The molecule has 0 spiro atoms. The lowest BCUT2D eigenvalue weighted by Gasteiger charge is -2.26. The second-order valence-corrected chi connectivity index (χ2v) is 6.05. The third-order valence-electron chi connectivity index (χ3n) is 2.58. The first-order chi connectivity index (χ1) is 8.25. The monoisotopic (exact) mass is 309 g/mol.